The van der Waals surface area contributed by atoms with E-state index in [0.717, 1.165) is 5.69 Å². The summed E-state index contributed by atoms with van der Waals surface area (Å²) in [5.74, 6) is -0.118. The number of hydrogen-bond acceptors (Lipinski definition) is 3. The van der Waals surface area contributed by atoms with Gasteiger partial charge in [-0.05, 0) is 31.0 Å². The maximum Gasteiger partial charge on any atom is 0.246 e. The Morgan fingerprint density at radius 2 is 2.00 bits per heavy atom. The van der Waals surface area contributed by atoms with Gasteiger partial charge in [-0.2, -0.15) is 10.2 Å². The molecule has 2 aromatic heterocycles. The molecular formula is C17H19N5O. The first-order valence-corrected chi connectivity index (χ1v) is 7.47. The standard InChI is InChI=1S/C17H19N5O/c1-13-5-3-4-6-15(13)10-21-11-16(9-19-21)20-17(23)12-22-14(2)7-8-18-22/h3-9,11H,10,12H2,1-2H3,(H,20,23). The molecule has 1 amide bonds. The highest BCUT2D eigenvalue weighted by Gasteiger charge is 2.08. The van der Waals surface area contributed by atoms with E-state index in [1.165, 1.54) is 11.1 Å². The monoisotopic (exact) mass is 309 g/mol. The molecule has 0 aliphatic heterocycles. The van der Waals surface area contributed by atoms with Crippen molar-refractivity contribution in [2.24, 2.45) is 0 Å². The highest BCUT2D eigenvalue weighted by atomic mass is 16.2. The molecule has 2 heterocycles. The van der Waals surface area contributed by atoms with Crippen LogP contribution in [0, 0.1) is 13.8 Å². The first-order chi connectivity index (χ1) is 11.1. The largest absolute Gasteiger partial charge is 0.322 e. The summed E-state index contributed by atoms with van der Waals surface area (Å²) in [6.07, 6.45) is 5.18. The van der Waals surface area contributed by atoms with Crippen LogP contribution in [-0.4, -0.2) is 25.5 Å². The van der Waals surface area contributed by atoms with Gasteiger partial charge in [0, 0.05) is 18.1 Å². The van der Waals surface area contributed by atoms with Crippen LogP contribution in [0.3, 0.4) is 0 Å². The van der Waals surface area contributed by atoms with Gasteiger partial charge in [-0.15, -0.1) is 0 Å². The predicted molar refractivity (Wildman–Crippen MR) is 88.1 cm³/mol. The molecule has 0 saturated carbocycles. The molecule has 3 aromatic rings. The Balaban J connectivity index is 1.62. The summed E-state index contributed by atoms with van der Waals surface area (Å²) in [7, 11) is 0. The Hall–Kier alpha value is -2.89. The minimum absolute atomic E-state index is 0.118. The number of nitrogens with one attached hydrogen (secondary N) is 1. The number of carbonyl (C=O) groups is 1. The van der Waals surface area contributed by atoms with Gasteiger partial charge in [-0.25, -0.2) is 0 Å². The van der Waals surface area contributed by atoms with E-state index < -0.39 is 0 Å². The molecular weight excluding hydrogens is 290 g/mol. The van der Waals surface area contributed by atoms with Crippen molar-refractivity contribution in [2.45, 2.75) is 26.9 Å². The van der Waals surface area contributed by atoms with Crippen LogP contribution in [0.2, 0.25) is 0 Å². The number of aromatic nitrogens is 4. The molecule has 0 fully saturated rings. The molecule has 0 bridgehead atoms. The summed E-state index contributed by atoms with van der Waals surface area (Å²) in [5.41, 5.74) is 4.08. The number of anilines is 1. The topological polar surface area (TPSA) is 64.7 Å². The minimum Gasteiger partial charge on any atom is -0.322 e. The van der Waals surface area contributed by atoms with Crippen LogP contribution in [0.25, 0.3) is 0 Å². The fraction of sp³-hybridized carbons (Fsp3) is 0.235. The summed E-state index contributed by atoms with van der Waals surface area (Å²) in [4.78, 5) is 12.0. The molecule has 1 N–H and O–H groups in total. The Kier molecular flexibility index (Phi) is 4.23. The molecule has 6 heteroatoms. The van der Waals surface area contributed by atoms with Crippen LogP contribution in [0.1, 0.15) is 16.8 Å². The zero-order valence-electron chi connectivity index (χ0n) is 13.2. The molecule has 6 nitrogen and oxygen atoms in total. The Labute approximate surface area is 134 Å². The second-order valence-electron chi connectivity index (χ2n) is 5.53. The number of amides is 1. The summed E-state index contributed by atoms with van der Waals surface area (Å²) in [5, 5.41) is 11.2. The molecule has 0 atom stereocenters. The van der Waals surface area contributed by atoms with Crippen LogP contribution in [0.4, 0.5) is 5.69 Å². The van der Waals surface area contributed by atoms with Gasteiger partial charge >= 0.3 is 0 Å². The first-order valence-electron chi connectivity index (χ1n) is 7.47. The lowest BCUT2D eigenvalue weighted by Crippen LogP contribution is -2.19. The van der Waals surface area contributed by atoms with E-state index >= 15 is 0 Å². The lowest BCUT2D eigenvalue weighted by atomic mass is 10.1. The van der Waals surface area contributed by atoms with E-state index in [0.29, 0.717) is 12.2 Å². The van der Waals surface area contributed by atoms with Crippen LogP contribution >= 0.6 is 0 Å². The zero-order valence-corrected chi connectivity index (χ0v) is 13.2. The molecule has 118 valence electrons. The fourth-order valence-electron chi connectivity index (χ4n) is 2.38. The molecule has 1 aromatic carbocycles. The smallest absolute Gasteiger partial charge is 0.246 e. The quantitative estimate of drug-likeness (QED) is 0.787. The van der Waals surface area contributed by atoms with Crippen molar-refractivity contribution in [1.29, 1.82) is 0 Å². The summed E-state index contributed by atoms with van der Waals surface area (Å²) < 4.78 is 3.48. The van der Waals surface area contributed by atoms with Gasteiger partial charge in [0.15, 0.2) is 0 Å². The predicted octanol–water partition coefficient (Wildman–Crippen LogP) is 2.38. The normalized spacial score (nSPS) is 10.7. The molecule has 0 aliphatic carbocycles. The van der Waals surface area contributed by atoms with E-state index in [-0.39, 0.29) is 12.5 Å². The lowest BCUT2D eigenvalue weighted by molar-refractivity contribution is -0.116. The Morgan fingerprint density at radius 1 is 1.17 bits per heavy atom. The van der Waals surface area contributed by atoms with E-state index in [1.54, 1.807) is 17.1 Å². The number of carbonyl (C=O) groups excluding carboxylic acids is 1. The van der Waals surface area contributed by atoms with Crippen molar-refractivity contribution in [3.63, 3.8) is 0 Å². The molecule has 0 saturated heterocycles. The number of benzene rings is 1. The fourth-order valence-corrected chi connectivity index (χ4v) is 2.38. The van der Waals surface area contributed by atoms with Crippen LogP contribution in [0.15, 0.2) is 48.9 Å². The van der Waals surface area contributed by atoms with E-state index in [2.05, 4.69) is 34.6 Å². The van der Waals surface area contributed by atoms with E-state index in [4.69, 9.17) is 0 Å². The number of aryl methyl sites for hydroxylation is 2. The SMILES string of the molecule is Cc1ccccc1Cn1cc(NC(=O)Cn2nccc2C)cn1. The van der Waals surface area contributed by atoms with E-state index in [9.17, 15) is 4.79 Å². The van der Waals surface area contributed by atoms with Gasteiger partial charge < -0.3 is 5.32 Å². The van der Waals surface area contributed by atoms with Gasteiger partial charge in [0.2, 0.25) is 5.91 Å². The Bertz CT molecular complexity index is 818. The van der Waals surface area contributed by atoms with Crippen LogP contribution in [-0.2, 0) is 17.9 Å². The van der Waals surface area contributed by atoms with Crippen molar-refractivity contribution in [3.05, 3.63) is 65.7 Å². The van der Waals surface area contributed by atoms with E-state index in [1.807, 2.05) is 36.0 Å². The molecule has 0 spiro atoms. The second-order valence-corrected chi connectivity index (χ2v) is 5.53. The van der Waals surface area contributed by atoms with Crippen molar-refractivity contribution < 1.29 is 4.79 Å². The van der Waals surface area contributed by atoms with Gasteiger partial charge in [-0.3, -0.25) is 14.2 Å². The Morgan fingerprint density at radius 3 is 2.74 bits per heavy atom. The van der Waals surface area contributed by atoms with Gasteiger partial charge in [0.1, 0.15) is 6.54 Å². The summed E-state index contributed by atoms with van der Waals surface area (Å²) >= 11 is 0. The minimum atomic E-state index is -0.118. The second kappa shape index (κ2) is 6.48. The van der Waals surface area contributed by atoms with Gasteiger partial charge in [-0.1, -0.05) is 24.3 Å². The summed E-state index contributed by atoms with van der Waals surface area (Å²) in [6, 6.07) is 10.1. The zero-order chi connectivity index (χ0) is 16.2. The number of rotatable bonds is 5. The van der Waals surface area contributed by atoms with Crippen molar-refractivity contribution in [1.82, 2.24) is 19.6 Å². The van der Waals surface area contributed by atoms with Crippen LogP contribution < -0.4 is 5.32 Å². The highest BCUT2D eigenvalue weighted by Crippen LogP contribution is 2.11. The van der Waals surface area contributed by atoms with Crippen molar-refractivity contribution in [3.8, 4) is 0 Å². The molecule has 0 aliphatic rings. The molecule has 0 unspecified atom stereocenters. The van der Waals surface area contributed by atoms with Crippen molar-refractivity contribution in [2.75, 3.05) is 5.32 Å². The molecule has 0 radical (unpaired) electrons. The first kappa shape index (κ1) is 15.0. The molecule has 3 rings (SSSR count). The number of nitrogens with zero attached hydrogens (tertiary/aromatic N) is 4. The third-order valence-corrected chi connectivity index (χ3v) is 3.73. The van der Waals surface area contributed by atoms with Gasteiger partial charge in [0.05, 0.1) is 18.4 Å². The van der Waals surface area contributed by atoms with Crippen molar-refractivity contribution >= 4 is 11.6 Å². The average molecular weight is 309 g/mol. The highest BCUT2D eigenvalue weighted by molar-refractivity contribution is 5.90. The van der Waals surface area contributed by atoms with Gasteiger partial charge in [0.25, 0.3) is 0 Å². The third-order valence-electron chi connectivity index (χ3n) is 3.73. The third kappa shape index (κ3) is 3.66. The number of hydrogen-bond donors (Lipinski definition) is 1. The van der Waals surface area contributed by atoms with Crippen LogP contribution in [0.5, 0.6) is 0 Å². The lowest BCUT2D eigenvalue weighted by Gasteiger charge is -2.06. The summed E-state index contributed by atoms with van der Waals surface area (Å²) in [6.45, 7) is 4.87. The maximum absolute atomic E-state index is 12.0. The maximum atomic E-state index is 12.0. The average Bonchev–Trinajstić information content (AvgIpc) is 3.11. The molecule has 23 heavy (non-hydrogen) atoms.